The molecule has 0 saturated heterocycles. The van der Waals surface area contributed by atoms with Crippen molar-refractivity contribution in [2.45, 2.75) is 32.3 Å². The van der Waals surface area contributed by atoms with Crippen LogP contribution in [0.2, 0.25) is 0 Å². The fourth-order valence-electron chi connectivity index (χ4n) is 1.94. The minimum Gasteiger partial charge on any atom is -0.406 e. The largest absolute Gasteiger partial charge is 0.573 e. The van der Waals surface area contributed by atoms with Crippen LogP contribution in [-0.4, -0.2) is 21.4 Å². The van der Waals surface area contributed by atoms with Gasteiger partial charge in [0.25, 0.3) is 0 Å². The van der Waals surface area contributed by atoms with Crippen LogP contribution in [0.25, 0.3) is 0 Å². The molecular formula is C13H15F3N4O. The van der Waals surface area contributed by atoms with E-state index in [4.69, 9.17) is 5.73 Å². The predicted molar refractivity (Wildman–Crippen MR) is 69.5 cm³/mol. The zero-order valence-electron chi connectivity index (χ0n) is 11.3. The van der Waals surface area contributed by atoms with Crippen LogP contribution in [0.3, 0.4) is 0 Å². The molecule has 0 aliphatic carbocycles. The SMILES string of the molecule is CCCn1nncc1C(N)c1ccc(OC(F)(F)F)cc1. The Balaban J connectivity index is 2.16. The summed E-state index contributed by atoms with van der Waals surface area (Å²) in [5.74, 6) is -0.279. The molecule has 1 aromatic heterocycles. The van der Waals surface area contributed by atoms with Crippen molar-refractivity contribution in [1.29, 1.82) is 0 Å². The number of nitrogens with zero attached hydrogens (tertiary/aromatic N) is 3. The molecule has 2 N–H and O–H groups in total. The second-order valence-corrected chi connectivity index (χ2v) is 4.48. The number of hydrogen-bond donors (Lipinski definition) is 1. The molecule has 0 spiro atoms. The van der Waals surface area contributed by atoms with E-state index >= 15 is 0 Å². The maximum atomic E-state index is 12.1. The van der Waals surface area contributed by atoms with E-state index in [1.807, 2.05) is 6.92 Å². The van der Waals surface area contributed by atoms with Crippen LogP contribution in [0.15, 0.2) is 30.5 Å². The van der Waals surface area contributed by atoms with Gasteiger partial charge in [-0.15, -0.1) is 18.3 Å². The minimum absolute atomic E-state index is 0.279. The van der Waals surface area contributed by atoms with Gasteiger partial charge in [0.05, 0.1) is 17.9 Å². The van der Waals surface area contributed by atoms with Crippen LogP contribution in [0.1, 0.15) is 30.6 Å². The molecule has 0 bridgehead atoms. The van der Waals surface area contributed by atoms with E-state index < -0.39 is 12.4 Å². The number of halogens is 3. The molecule has 0 radical (unpaired) electrons. The number of ether oxygens (including phenoxy) is 1. The standard InChI is InChI=1S/C13H15F3N4O/c1-2-7-20-11(8-18-19-20)12(17)9-3-5-10(6-4-9)21-13(14,15)16/h3-6,8,12H,2,7,17H2,1H3. The summed E-state index contributed by atoms with van der Waals surface area (Å²) in [5, 5.41) is 7.74. The van der Waals surface area contributed by atoms with Gasteiger partial charge in [-0.1, -0.05) is 24.3 Å². The Morgan fingerprint density at radius 2 is 1.95 bits per heavy atom. The Bertz CT molecular complexity index is 580. The summed E-state index contributed by atoms with van der Waals surface area (Å²) in [6.07, 6.45) is -2.27. The second-order valence-electron chi connectivity index (χ2n) is 4.48. The second kappa shape index (κ2) is 6.13. The summed E-state index contributed by atoms with van der Waals surface area (Å²) in [5.41, 5.74) is 7.47. The van der Waals surface area contributed by atoms with Crippen LogP contribution in [0.4, 0.5) is 13.2 Å². The number of alkyl halides is 3. The Morgan fingerprint density at radius 3 is 2.52 bits per heavy atom. The molecule has 1 aromatic carbocycles. The van der Waals surface area contributed by atoms with Gasteiger partial charge < -0.3 is 10.5 Å². The molecule has 114 valence electrons. The van der Waals surface area contributed by atoms with Crippen molar-refractivity contribution in [3.63, 3.8) is 0 Å². The number of benzene rings is 1. The molecular weight excluding hydrogens is 285 g/mol. The summed E-state index contributed by atoms with van der Waals surface area (Å²) < 4.78 is 41.8. The summed E-state index contributed by atoms with van der Waals surface area (Å²) in [4.78, 5) is 0. The van der Waals surface area contributed by atoms with Crippen molar-refractivity contribution in [2.24, 2.45) is 5.73 Å². The van der Waals surface area contributed by atoms with Crippen molar-refractivity contribution in [3.05, 3.63) is 41.7 Å². The Labute approximate surface area is 119 Å². The molecule has 0 saturated carbocycles. The maximum absolute atomic E-state index is 12.1. The number of nitrogens with two attached hydrogens (primary N) is 1. The van der Waals surface area contributed by atoms with Gasteiger partial charge >= 0.3 is 6.36 Å². The molecule has 8 heteroatoms. The summed E-state index contributed by atoms with van der Waals surface area (Å²) >= 11 is 0. The lowest BCUT2D eigenvalue weighted by molar-refractivity contribution is -0.274. The number of hydrogen-bond acceptors (Lipinski definition) is 4. The molecule has 0 aliphatic heterocycles. The van der Waals surface area contributed by atoms with Crippen molar-refractivity contribution < 1.29 is 17.9 Å². The Kier molecular flexibility index (Phi) is 4.46. The van der Waals surface area contributed by atoms with E-state index in [0.29, 0.717) is 17.8 Å². The first kappa shape index (κ1) is 15.3. The topological polar surface area (TPSA) is 66.0 Å². The average Bonchev–Trinajstić information content (AvgIpc) is 2.86. The summed E-state index contributed by atoms with van der Waals surface area (Å²) in [6.45, 7) is 2.68. The van der Waals surface area contributed by atoms with E-state index in [-0.39, 0.29) is 5.75 Å². The Morgan fingerprint density at radius 1 is 1.29 bits per heavy atom. The highest BCUT2D eigenvalue weighted by molar-refractivity contribution is 5.32. The van der Waals surface area contributed by atoms with Gasteiger partial charge in [0.15, 0.2) is 0 Å². The third-order valence-corrected chi connectivity index (χ3v) is 2.87. The molecule has 2 rings (SSSR count). The van der Waals surface area contributed by atoms with Gasteiger partial charge in [0.1, 0.15) is 5.75 Å². The molecule has 21 heavy (non-hydrogen) atoms. The van der Waals surface area contributed by atoms with E-state index in [2.05, 4.69) is 15.0 Å². The van der Waals surface area contributed by atoms with Gasteiger partial charge in [-0.05, 0) is 24.1 Å². The maximum Gasteiger partial charge on any atom is 0.573 e. The van der Waals surface area contributed by atoms with Crippen LogP contribution in [-0.2, 0) is 6.54 Å². The molecule has 0 aliphatic rings. The first-order chi connectivity index (χ1) is 9.90. The zero-order chi connectivity index (χ0) is 15.5. The first-order valence-electron chi connectivity index (χ1n) is 6.40. The number of aryl methyl sites for hydroxylation is 1. The monoisotopic (exact) mass is 300 g/mol. The lowest BCUT2D eigenvalue weighted by Crippen LogP contribution is -2.18. The zero-order valence-corrected chi connectivity index (χ0v) is 11.3. The third-order valence-electron chi connectivity index (χ3n) is 2.87. The molecule has 1 unspecified atom stereocenters. The molecule has 0 amide bonds. The van der Waals surface area contributed by atoms with Crippen molar-refractivity contribution in [3.8, 4) is 5.75 Å². The van der Waals surface area contributed by atoms with E-state index in [0.717, 1.165) is 6.42 Å². The van der Waals surface area contributed by atoms with Crippen LogP contribution in [0.5, 0.6) is 5.75 Å². The molecule has 2 aromatic rings. The van der Waals surface area contributed by atoms with Crippen LogP contribution < -0.4 is 10.5 Å². The molecule has 0 fully saturated rings. The number of rotatable bonds is 5. The smallest absolute Gasteiger partial charge is 0.406 e. The quantitative estimate of drug-likeness (QED) is 0.922. The van der Waals surface area contributed by atoms with Crippen LogP contribution in [0, 0.1) is 0 Å². The van der Waals surface area contributed by atoms with Gasteiger partial charge in [0, 0.05) is 6.54 Å². The summed E-state index contributed by atoms with van der Waals surface area (Å²) in [7, 11) is 0. The van der Waals surface area contributed by atoms with Crippen molar-refractivity contribution >= 4 is 0 Å². The molecule has 5 nitrogen and oxygen atoms in total. The highest BCUT2D eigenvalue weighted by Gasteiger charge is 2.31. The Hall–Kier alpha value is -2.09. The molecule has 1 heterocycles. The molecule has 1 atom stereocenters. The van der Waals surface area contributed by atoms with E-state index in [1.165, 1.54) is 24.3 Å². The highest BCUT2D eigenvalue weighted by Crippen LogP contribution is 2.25. The van der Waals surface area contributed by atoms with Gasteiger partial charge in [-0.3, -0.25) is 0 Å². The van der Waals surface area contributed by atoms with Gasteiger partial charge in [-0.2, -0.15) is 0 Å². The van der Waals surface area contributed by atoms with Crippen LogP contribution >= 0.6 is 0 Å². The van der Waals surface area contributed by atoms with Crippen molar-refractivity contribution in [2.75, 3.05) is 0 Å². The average molecular weight is 300 g/mol. The highest BCUT2D eigenvalue weighted by atomic mass is 19.4. The predicted octanol–water partition coefficient (Wildman–Crippen LogP) is 2.63. The van der Waals surface area contributed by atoms with E-state index in [9.17, 15) is 13.2 Å². The number of aromatic nitrogens is 3. The van der Waals surface area contributed by atoms with Gasteiger partial charge in [-0.25, -0.2) is 4.68 Å². The fraction of sp³-hybridized carbons (Fsp3) is 0.385. The fourth-order valence-corrected chi connectivity index (χ4v) is 1.94. The normalized spacial score (nSPS) is 13.2. The van der Waals surface area contributed by atoms with Gasteiger partial charge in [0.2, 0.25) is 0 Å². The van der Waals surface area contributed by atoms with E-state index in [1.54, 1.807) is 10.9 Å². The first-order valence-corrected chi connectivity index (χ1v) is 6.40. The lowest BCUT2D eigenvalue weighted by Gasteiger charge is -2.14. The third kappa shape index (κ3) is 3.94. The lowest BCUT2D eigenvalue weighted by atomic mass is 10.1. The summed E-state index contributed by atoms with van der Waals surface area (Å²) in [6, 6.07) is 4.95. The minimum atomic E-state index is -4.70. The van der Waals surface area contributed by atoms with Crippen molar-refractivity contribution in [1.82, 2.24) is 15.0 Å².